The lowest BCUT2D eigenvalue weighted by atomic mass is 10.1. The van der Waals surface area contributed by atoms with E-state index in [1.165, 1.54) is 0 Å². The molecule has 9 heteroatoms. The number of aryl methyl sites for hydroxylation is 2. The van der Waals surface area contributed by atoms with Gasteiger partial charge in [-0.15, -0.1) is 0 Å². The molecule has 0 radical (unpaired) electrons. The highest BCUT2D eigenvalue weighted by Crippen LogP contribution is 2.32. The summed E-state index contributed by atoms with van der Waals surface area (Å²) in [6, 6.07) is 15.5. The summed E-state index contributed by atoms with van der Waals surface area (Å²) in [6.07, 6.45) is 2.90. The number of fused-ring (bicyclic) bond motifs is 1. The first kappa shape index (κ1) is 25.5. The molecule has 1 aliphatic rings. The van der Waals surface area contributed by atoms with Gasteiger partial charge in [-0.1, -0.05) is 37.6 Å². The van der Waals surface area contributed by atoms with E-state index in [-0.39, 0.29) is 5.91 Å². The average molecular weight is 515 g/mol. The summed E-state index contributed by atoms with van der Waals surface area (Å²) < 4.78 is 12.9. The maximum atomic E-state index is 13.5. The third-order valence-electron chi connectivity index (χ3n) is 6.99. The molecule has 0 saturated carbocycles. The highest BCUT2D eigenvalue weighted by atomic mass is 16.5. The zero-order valence-electron chi connectivity index (χ0n) is 22.5. The van der Waals surface area contributed by atoms with Crippen molar-refractivity contribution in [3.05, 3.63) is 65.6 Å². The molecule has 0 spiro atoms. The van der Waals surface area contributed by atoms with Gasteiger partial charge in [0.15, 0.2) is 5.65 Å². The summed E-state index contributed by atoms with van der Waals surface area (Å²) in [5.74, 6) is 2.65. The molecule has 9 nitrogen and oxygen atoms in total. The smallest absolute Gasteiger partial charge is 0.261 e. The molecule has 0 N–H and O–H groups in total. The zero-order valence-corrected chi connectivity index (χ0v) is 22.5. The summed E-state index contributed by atoms with van der Waals surface area (Å²) in [7, 11) is 3.13. The monoisotopic (exact) mass is 514 g/mol. The van der Waals surface area contributed by atoms with Crippen molar-refractivity contribution >= 4 is 22.8 Å². The van der Waals surface area contributed by atoms with Crippen molar-refractivity contribution in [3.8, 4) is 17.2 Å². The number of rotatable bonds is 8. The average Bonchev–Trinajstić information content (AvgIpc) is 3.31. The lowest BCUT2D eigenvalue weighted by Gasteiger charge is -2.36. The van der Waals surface area contributed by atoms with Gasteiger partial charge in [0.25, 0.3) is 5.91 Å². The largest absolute Gasteiger partial charge is 0.496 e. The van der Waals surface area contributed by atoms with Crippen LogP contribution >= 0.6 is 0 Å². The maximum absolute atomic E-state index is 13.5. The van der Waals surface area contributed by atoms with Gasteiger partial charge in [-0.05, 0) is 37.6 Å². The maximum Gasteiger partial charge on any atom is 0.261 e. The lowest BCUT2D eigenvalue weighted by molar-refractivity contribution is 0.0739. The van der Waals surface area contributed by atoms with Crippen LogP contribution in [0.4, 0.5) is 5.82 Å². The van der Waals surface area contributed by atoms with E-state index in [4.69, 9.17) is 24.5 Å². The predicted molar refractivity (Wildman–Crippen MR) is 148 cm³/mol. The number of carbonyl (C=O) groups is 1. The van der Waals surface area contributed by atoms with E-state index < -0.39 is 0 Å². The molecule has 0 aliphatic carbocycles. The van der Waals surface area contributed by atoms with E-state index in [1.54, 1.807) is 26.4 Å². The summed E-state index contributed by atoms with van der Waals surface area (Å²) in [4.78, 5) is 27.6. The van der Waals surface area contributed by atoms with Gasteiger partial charge in [-0.3, -0.25) is 4.79 Å². The SMILES string of the molecule is CCCCc1nc(N2CCN(C(=O)c3c(OC)cccc3OC)CC2)c2c(C)nn(-c3ccccc3)c2n1. The molecule has 198 valence electrons. The van der Waals surface area contributed by atoms with Crippen LogP contribution in [0.5, 0.6) is 11.5 Å². The fraction of sp³-hybridized carbons (Fsp3) is 0.379. The van der Waals surface area contributed by atoms with Gasteiger partial charge in [0.1, 0.15) is 28.7 Å². The summed E-state index contributed by atoms with van der Waals surface area (Å²) in [5.41, 5.74) is 3.13. The van der Waals surface area contributed by atoms with Crippen LogP contribution < -0.4 is 14.4 Å². The number of ether oxygens (including phenoxy) is 2. The van der Waals surface area contributed by atoms with Crippen LogP contribution in [0, 0.1) is 6.92 Å². The predicted octanol–water partition coefficient (Wildman–Crippen LogP) is 4.45. The molecule has 2 aromatic carbocycles. The number of aromatic nitrogens is 4. The lowest BCUT2D eigenvalue weighted by Crippen LogP contribution is -2.49. The number of nitrogens with zero attached hydrogens (tertiary/aromatic N) is 6. The number of anilines is 1. The van der Waals surface area contributed by atoms with Crippen LogP contribution in [0.15, 0.2) is 48.5 Å². The number of para-hydroxylation sites is 1. The van der Waals surface area contributed by atoms with E-state index >= 15 is 0 Å². The molecule has 4 aromatic rings. The van der Waals surface area contributed by atoms with Gasteiger partial charge in [0.05, 0.1) is 31.0 Å². The highest BCUT2D eigenvalue weighted by Gasteiger charge is 2.29. The van der Waals surface area contributed by atoms with Crippen LogP contribution in [0.2, 0.25) is 0 Å². The van der Waals surface area contributed by atoms with Crippen molar-refractivity contribution in [3.63, 3.8) is 0 Å². The Kier molecular flexibility index (Phi) is 7.44. The zero-order chi connectivity index (χ0) is 26.6. The molecule has 3 heterocycles. The Balaban J connectivity index is 1.46. The van der Waals surface area contributed by atoms with Crippen LogP contribution in [0.1, 0.15) is 41.6 Å². The molecular formula is C29H34N6O3. The third-order valence-corrected chi connectivity index (χ3v) is 6.99. The number of amides is 1. The molecule has 1 aliphatic heterocycles. The molecular weight excluding hydrogens is 480 g/mol. The van der Waals surface area contributed by atoms with Gasteiger partial charge in [-0.2, -0.15) is 5.10 Å². The van der Waals surface area contributed by atoms with Gasteiger partial charge in [0, 0.05) is 32.6 Å². The Labute approximate surface area is 223 Å². The van der Waals surface area contributed by atoms with Crippen LogP contribution in [0.25, 0.3) is 16.7 Å². The van der Waals surface area contributed by atoms with Crippen molar-refractivity contribution in [1.29, 1.82) is 0 Å². The second kappa shape index (κ2) is 11.1. The Hall–Kier alpha value is -4.14. The quantitative estimate of drug-likeness (QED) is 0.343. The number of hydrogen-bond donors (Lipinski definition) is 0. The fourth-order valence-corrected chi connectivity index (χ4v) is 4.97. The molecule has 1 amide bonds. The molecule has 0 unspecified atom stereocenters. The van der Waals surface area contributed by atoms with Gasteiger partial charge in [0.2, 0.25) is 0 Å². The van der Waals surface area contributed by atoms with E-state index in [0.717, 1.165) is 53.3 Å². The molecule has 1 fully saturated rings. The number of unbranched alkanes of at least 4 members (excludes halogenated alkanes) is 1. The first-order chi connectivity index (χ1) is 18.5. The molecule has 2 aromatic heterocycles. The van der Waals surface area contributed by atoms with Crippen molar-refractivity contribution in [2.75, 3.05) is 45.3 Å². The molecule has 38 heavy (non-hydrogen) atoms. The van der Waals surface area contributed by atoms with Gasteiger partial charge >= 0.3 is 0 Å². The minimum absolute atomic E-state index is 0.0940. The van der Waals surface area contributed by atoms with Crippen molar-refractivity contribution < 1.29 is 14.3 Å². The number of methoxy groups -OCH3 is 2. The van der Waals surface area contributed by atoms with Crippen molar-refractivity contribution in [2.45, 2.75) is 33.1 Å². The molecule has 5 rings (SSSR count). The Bertz CT molecular complexity index is 1410. The number of carbonyl (C=O) groups excluding carboxylic acids is 1. The van der Waals surface area contributed by atoms with E-state index in [2.05, 4.69) is 11.8 Å². The minimum Gasteiger partial charge on any atom is -0.496 e. The Morgan fingerprint density at radius 1 is 0.921 bits per heavy atom. The molecule has 0 bridgehead atoms. The number of benzene rings is 2. The summed E-state index contributed by atoms with van der Waals surface area (Å²) in [5, 5.41) is 5.81. The van der Waals surface area contributed by atoms with E-state index in [0.29, 0.717) is 43.2 Å². The highest BCUT2D eigenvalue weighted by molar-refractivity contribution is 6.00. The number of piperazine rings is 1. The van der Waals surface area contributed by atoms with E-state index in [1.807, 2.05) is 52.9 Å². The van der Waals surface area contributed by atoms with Gasteiger partial charge in [-0.25, -0.2) is 14.6 Å². The summed E-state index contributed by atoms with van der Waals surface area (Å²) in [6.45, 7) is 6.60. The Morgan fingerprint density at radius 2 is 1.61 bits per heavy atom. The third kappa shape index (κ3) is 4.76. The molecule has 1 saturated heterocycles. The molecule has 0 atom stereocenters. The van der Waals surface area contributed by atoms with Crippen molar-refractivity contribution in [2.24, 2.45) is 0 Å². The summed E-state index contributed by atoms with van der Waals surface area (Å²) >= 11 is 0. The van der Waals surface area contributed by atoms with Crippen LogP contribution in [-0.2, 0) is 6.42 Å². The Morgan fingerprint density at radius 3 is 2.24 bits per heavy atom. The standard InChI is InChI=1S/C29H34N6O3/c1-5-6-15-24-30-27(25-20(2)32-35(28(25)31-24)21-11-8-7-9-12-21)33-16-18-34(19-17-33)29(36)26-22(37-3)13-10-14-23(26)38-4/h7-14H,5-6,15-19H2,1-4H3. The fourth-order valence-electron chi connectivity index (χ4n) is 4.97. The first-order valence-electron chi connectivity index (χ1n) is 13.1. The second-order valence-corrected chi connectivity index (χ2v) is 9.42. The number of hydrogen-bond acceptors (Lipinski definition) is 7. The second-order valence-electron chi connectivity index (χ2n) is 9.42. The first-order valence-corrected chi connectivity index (χ1v) is 13.1. The van der Waals surface area contributed by atoms with Crippen LogP contribution in [-0.4, -0.2) is 71.0 Å². The topological polar surface area (TPSA) is 85.6 Å². The van der Waals surface area contributed by atoms with Crippen LogP contribution in [0.3, 0.4) is 0 Å². The normalized spacial score (nSPS) is 13.7. The minimum atomic E-state index is -0.0940. The van der Waals surface area contributed by atoms with Gasteiger partial charge < -0.3 is 19.3 Å². The van der Waals surface area contributed by atoms with E-state index in [9.17, 15) is 4.79 Å². The van der Waals surface area contributed by atoms with Crippen molar-refractivity contribution in [1.82, 2.24) is 24.6 Å².